The van der Waals surface area contributed by atoms with Crippen LogP contribution in [0.15, 0.2) is 0 Å². The summed E-state index contributed by atoms with van der Waals surface area (Å²) in [4.78, 5) is 2.01. The maximum absolute atomic E-state index is 12.8. The predicted molar refractivity (Wildman–Crippen MR) is 109 cm³/mol. The monoisotopic (exact) mass is 431 g/mol. The number of rotatable bonds is 18. The van der Waals surface area contributed by atoms with Crippen molar-refractivity contribution in [2.45, 2.75) is 54.2 Å². The van der Waals surface area contributed by atoms with E-state index in [0.717, 1.165) is 6.42 Å². The van der Waals surface area contributed by atoms with Crippen molar-refractivity contribution in [2.75, 3.05) is 58.4 Å². The molecular formula is C17H39NO7P2. The molecule has 0 aromatic rings. The van der Waals surface area contributed by atoms with Crippen molar-refractivity contribution in [1.82, 2.24) is 4.90 Å². The van der Waals surface area contributed by atoms with Crippen LogP contribution in [0.25, 0.3) is 0 Å². The topological polar surface area (TPSA) is 83.5 Å². The summed E-state index contributed by atoms with van der Waals surface area (Å²) in [6.07, 6.45) is 1.05. The van der Waals surface area contributed by atoms with Crippen molar-refractivity contribution in [3.05, 3.63) is 0 Å². The Morgan fingerprint density at radius 2 is 1.04 bits per heavy atom. The van der Waals surface area contributed by atoms with Gasteiger partial charge in [-0.05, 0) is 41.0 Å². The summed E-state index contributed by atoms with van der Waals surface area (Å²) < 4.78 is 52.9. The van der Waals surface area contributed by atoms with Gasteiger partial charge < -0.3 is 22.8 Å². The first kappa shape index (κ1) is 27.2. The van der Waals surface area contributed by atoms with Gasteiger partial charge >= 0.3 is 15.2 Å². The van der Waals surface area contributed by atoms with Gasteiger partial charge in [-0.25, -0.2) is 0 Å². The SMILES string of the molecule is CCOC(CC)N(CCP(=O)(OCC)OCC)CCP(=O)(OCC)OCC. The van der Waals surface area contributed by atoms with Crippen LogP contribution in [0.5, 0.6) is 0 Å². The fourth-order valence-corrected chi connectivity index (χ4v) is 5.94. The van der Waals surface area contributed by atoms with Crippen LogP contribution in [-0.2, 0) is 32.0 Å². The van der Waals surface area contributed by atoms with Gasteiger partial charge in [0, 0.05) is 19.7 Å². The smallest absolute Gasteiger partial charge is 0.331 e. The Balaban J connectivity index is 5.16. The molecule has 0 aliphatic carbocycles. The molecule has 0 saturated carbocycles. The predicted octanol–water partition coefficient (Wildman–Crippen LogP) is 4.59. The van der Waals surface area contributed by atoms with Gasteiger partial charge in [-0.3, -0.25) is 14.0 Å². The van der Waals surface area contributed by atoms with Gasteiger partial charge in [-0.2, -0.15) is 0 Å². The Kier molecular flexibility index (Phi) is 15.2. The zero-order valence-electron chi connectivity index (χ0n) is 17.8. The molecule has 0 amide bonds. The number of nitrogens with zero attached hydrogens (tertiary/aromatic N) is 1. The lowest BCUT2D eigenvalue weighted by molar-refractivity contribution is -0.0521. The summed E-state index contributed by atoms with van der Waals surface area (Å²) in [5.74, 6) is 0. The van der Waals surface area contributed by atoms with Gasteiger partial charge in [0.1, 0.15) is 6.23 Å². The van der Waals surface area contributed by atoms with Crippen molar-refractivity contribution in [1.29, 1.82) is 0 Å². The molecule has 8 nitrogen and oxygen atoms in total. The molecule has 0 fully saturated rings. The molecule has 0 saturated heterocycles. The Labute approximate surface area is 165 Å². The molecule has 1 atom stereocenters. The van der Waals surface area contributed by atoms with Crippen LogP contribution in [0.2, 0.25) is 0 Å². The second-order valence-corrected chi connectivity index (χ2v) is 10.1. The zero-order chi connectivity index (χ0) is 20.8. The first-order valence-corrected chi connectivity index (χ1v) is 13.4. The fourth-order valence-electron chi connectivity index (χ4n) is 2.69. The third kappa shape index (κ3) is 11.1. The highest BCUT2D eigenvalue weighted by atomic mass is 31.2. The molecule has 0 bridgehead atoms. The second kappa shape index (κ2) is 15.1. The molecule has 1 unspecified atom stereocenters. The second-order valence-electron chi connectivity index (χ2n) is 5.69. The number of hydrogen-bond acceptors (Lipinski definition) is 8. The van der Waals surface area contributed by atoms with Crippen LogP contribution < -0.4 is 0 Å². The summed E-state index contributed by atoms with van der Waals surface area (Å²) in [6, 6.07) is 0. The molecule has 27 heavy (non-hydrogen) atoms. The van der Waals surface area contributed by atoms with Crippen LogP contribution in [0.3, 0.4) is 0 Å². The van der Waals surface area contributed by atoms with Gasteiger partial charge in [-0.15, -0.1) is 0 Å². The minimum absolute atomic E-state index is 0.177. The van der Waals surface area contributed by atoms with E-state index in [2.05, 4.69) is 0 Å². The normalized spacial score (nSPS) is 14.0. The Hall–Kier alpha value is 0.220. The van der Waals surface area contributed by atoms with Gasteiger partial charge in [0.15, 0.2) is 0 Å². The van der Waals surface area contributed by atoms with E-state index in [-0.39, 0.29) is 18.6 Å². The van der Waals surface area contributed by atoms with Crippen LogP contribution >= 0.6 is 15.2 Å². The minimum atomic E-state index is -3.16. The molecule has 0 aliphatic heterocycles. The molecule has 0 aromatic heterocycles. The van der Waals surface area contributed by atoms with E-state index in [0.29, 0.717) is 46.1 Å². The highest BCUT2D eigenvalue weighted by Crippen LogP contribution is 2.49. The van der Waals surface area contributed by atoms with Crippen LogP contribution in [0.4, 0.5) is 0 Å². The van der Waals surface area contributed by atoms with E-state index in [1.807, 2.05) is 18.7 Å². The number of ether oxygens (including phenoxy) is 1. The third-order valence-corrected chi connectivity index (χ3v) is 7.84. The highest BCUT2D eigenvalue weighted by molar-refractivity contribution is 7.54. The first-order chi connectivity index (χ1) is 12.8. The third-order valence-electron chi connectivity index (χ3n) is 3.74. The van der Waals surface area contributed by atoms with Crippen molar-refractivity contribution >= 4 is 15.2 Å². The van der Waals surface area contributed by atoms with Gasteiger partial charge in [0.05, 0.1) is 38.8 Å². The lowest BCUT2D eigenvalue weighted by atomic mass is 10.3. The maximum atomic E-state index is 12.8. The maximum Gasteiger partial charge on any atom is 0.331 e. The molecule has 0 N–H and O–H groups in total. The Morgan fingerprint density at radius 1 is 0.667 bits per heavy atom. The van der Waals surface area contributed by atoms with Crippen molar-refractivity contribution in [3.8, 4) is 0 Å². The van der Waals surface area contributed by atoms with Gasteiger partial charge in [0.25, 0.3) is 0 Å². The van der Waals surface area contributed by atoms with Crippen LogP contribution in [0, 0.1) is 0 Å². The van der Waals surface area contributed by atoms with Gasteiger partial charge in [0.2, 0.25) is 0 Å². The van der Waals surface area contributed by atoms with Crippen LogP contribution in [-0.4, -0.2) is 69.6 Å². The minimum Gasteiger partial charge on any atom is -0.363 e. The average Bonchev–Trinajstić information content (AvgIpc) is 2.61. The quantitative estimate of drug-likeness (QED) is 0.230. The van der Waals surface area contributed by atoms with E-state index < -0.39 is 15.2 Å². The molecule has 0 spiro atoms. The summed E-state index contributed by atoms with van der Waals surface area (Å²) in [5, 5.41) is 0. The lowest BCUT2D eigenvalue weighted by Gasteiger charge is -2.32. The zero-order valence-corrected chi connectivity index (χ0v) is 19.6. The molecule has 0 heterocycles. The Morgan fingerprint density at radius 3 is 1.30 bits per heavy atom. The summed E-state index contributed by atoms with van der Waals surface area (Å²) in [5.41, 5.74) is 0. The van der Waals surface area contributed by atoms with Crippen molar-refractivity contribution in [3.63, 3.8) is 0 Å². The van der Waals surface area contributed by atoms with Crippen molar-refractivity contribution in [2.24, 2.45) is 0 Å². The molecular weight excluding hydrogens is 392 g/mol. The summed E-state index contributed by atoms with van der Waals surface area (Å²) in [6.45, 7) is 13.8. The molecule has 164 valence electrons. The molecule has 0 aliphatic rings. The number of hydrogen-bond donors (Lipinski definition) is 0. The molecule has 0 rings (SSSR count). The molecule has 10 heteroatoms. The fraction of sp³-hybridized carbons (Fsp3) is 1.00. The van der Waals surface area contributed by atoms with E-state index in [9.17, 15) is 9.13 Å². The van der Waals surface area contributed by atoms with E-state index in [1.54, 1.807) is 27.7 Å². The largest absolute Gasteiger partial charge is 0.363 e. The first-order valence-electron chi connectivity index (χ1n) is 9.95. The van der Waals surface area contributed by atoms with E-state index >= 15 is 0 Å². The highest BCUT2D eigenvalue weighted by Gasteiger charge is 2.30. The summed E-state index contributed by atoms with van der Waals surface area (Å²) >= 11 is 0. The lowest BCUT2D eigenvalue weighted by Crippen LogP contribution is -2.41. The Bertz CT molecular complexity index is 411. The van der Waals surface area contributed by atoms with E-state index in [4.69, 9.17) is 22.8 Å². The summed E-state index contributed by atoms with van der Waals surface area (Å²) in [7, 11) is -6.32. The van der Waals surface area contributed by atoms with Crippen molar-refractivity contribution < 1.29 is 32.0 Å². The van der Waals surface area contributed by atoms with E-state index in [1.165, 1.54) is 0 Å². The average molecular weight is 431 g/mol. The van der Waals surface area contributed by atoms with Gasteiger partial charge in [-0.1, -0.05) is 6.92 Å². The standard InChI is InChI=1S/C17H39NO7P2/c1-7-17(21-8-2)18(13-15-26(19,22-9-3)23-10-4)14-16-27(20,24-11-5)25-12-6/h17H,7-16H2,1-6H3. The molecule has 0 radical (unpaired) electrons. The van der Waals surface area contributed by atoms with Crippen LogP contribution in [0.1, 0.15) is 48.0 Å². The molecule has 0 aromatic carbocycles.